The van der Waals surface area contributed by atoms with E-state index in [9.17, 15) is 9.59 Å². The SMILES string of the molecule is CCCCCCCCCOC(=O)CCCCCCCN(CCCCCCCC(=O)O)CCN1CCOCC1. The molecule has 1 heterocycles. The zero-order chi connectivity index (χ0) is 27.5. The minimum absolute atomic E-state index is 0.0202. The van der Waals surface area contributed by atoms with Crippen LogP contribution in [0.3, 0.4) is 0 Å². The lowest BCUT2D eigenvalue weighted by Crippen LogP contribution is -2.41. The first-order valence-corrected chi connectivity index (χ1v) is 16.0. The van der Waals surface area contributed by atoms with Gasteiger partial charge in [-0.1, -0.05) is 84.0 Å². The fourth-order valence-electron chi connectivity index (χ4n) is 5.04. The third-order valence-electron chi connectivity index (χ3n) is 7.57. The van der Waals surface area contributed by atoms with E-state index in [1.54, 1.807) is 0 Å². The summed E-state index contributed by atoms with van der Waals surface area (Å²) in [5, 5.41) is 8.76. The second-order valence-electron chi connectivity index (χ2n) is 11.1. The number of carboxylic acids is 1. The topological polar surface area (TPSA) is 79.3 Å². The quantitative estimate of drug-likeness (QED) is 0.0919. The second-order valence-corrected chi connectivity index (χ2v) is 11.1. The van der Waals surface area contributed by atoms with Crippen molar-refractivity contribution in [3.05, 3.63) is 0 Å². The van der Waals surface area contributed by atoms with Crippen LogP contribution in [0.1, 0.15) is 129 Å². The molecule has 1 N–H and O–H groups in total. The number of carbonyl (C=O) groups is 2. The molecular formula is C31H60N2O5. The van der Waals surface area contributed by atoms with Crippen molar-refractivity contribution in [3.63, 3.8) is 0 Å². The highest BCUT2D eigenvalue weighted by Crippen LogP contribution is 2.11. The lowest BCUT2D eigenvalue weighted by molar-refractivity contribution is -0.144. The van der Waals surface area contributed by atoms with Gasteiger partial charge in [0.1, 0.15) is 0 Å². The monoisotopic (exact) mass is 540 g/mol. The number of ether oxygens (including phenoxy) is 2. The number of hydrogen-bond acceptors (Lipinski definition) is 6. The molecule has 1 aliphatic heterocycles. The maximum absolute atomic E-state index is 11.9. The van der Waals surface area contributed by atoms with Crippen LogP contribution in [0.15, 0.2) is 0 Å². The highest BCUT2D eigenvalue weighted by Gasteiger charge is 2.12. The maximum atomic E-state index is 11.9. The van der Waals surface area contributed by atoms with Gasteiger partial charge in [-0.25, -0.2) is 0 Å². The molecule has 0 aromatic rings. The number of morpholine rings is 1. The third-order valence-corrected chi connectivity index (χ3v) is 7.57. The average Bonchev–Trinajstić information content (AvgIpc) is 2.92. The zero-order valence-corrected chi connectivity index (χ0v) is 24.8. The van der Waals surface area contributed by atoms with Gasteiger partial charge in [0.15, 0.2) is 0 Å². The number of rotatable bonds is 27. The van der Waals surface area contributed by atoms with E-state index >= 15 is 0 Å². The molecule has 1 saturated heterocycles. The van der Waals surface area contributed by atoms with Gasteiger partial charge >= 0.3 is 11.9 Å². The van der Waals surface area contributed by atoms with Crippen LogP contribution < -0.4 is 0 Å². The third kappa shape index (κ3) is 22.8. The zero-order valence-electron chi connectivity index (χ0n) is 24.8. The Hall–Kier alpha value is -1.18. The van der Waals surface area contributed by atoms with Crippen molar-refractivity contribution in [3.8, 4) is 0 Å². The van der Waals surface area contributed by atoms with Gasteiger partial charge in [0.25, 0.3) is 0 Å². The Morgan fingerprint density at radius 1 is 0.711 bits per heavy atom. The van der Waals surface area contributed by atoms with Crippen molar-refractivity contribution < 1.29 is 24.2 Å². The van der Waals surface area contributed by atoms with Crippen LogP contribution >= 0.6 is 0 Å². The summed E-state index contributed by atoms with van der Waals surface area (Å²) < 4.78 is 10.9. The van der Waals surface area contributed by atoms with Crippen LogP contribution in [0.25, 0.3) is 0 Å². The number of esters is 1. The molecule has 0 aromatic heterocycles. The standard InChI is InChI=1S/C31H60N2O5/c1-2-3-4-5-6-13-18-27-38-31(36)20-15-10-8-12-17-22-32(23-24-33-25-28-37-29-26-33)21-16-11-7-9-14-19-30(34)35/h2-29H2,1H3,(H,34,35). The van der Waals surface area contributed by atoms with Gasteiger partial charge in [0.05, 0.1) is 19.8 Å². The lowest BCUT2D eigenvalue weighted by atomic mass is 10.1. The van der Waals surface area contributed by atoms with Gasteiger partial charge in [0.2, 0.25) is 0 Å². The van der Waals surface area contributed by atoms with Crippen molar-refractivity contribution in [2.24, 2.45) is 0 Å². The molecule has 224 valence electrons. The van der Waals surface area contributed by atoms with Crippen LogP contribution in [-0.2, 0) is 19.1 Å². The van der Waals surface area contributed by atoms with Crippen LogP contribution in [0.5, 0.6) is 0 Å². The lowest BCUT2D eigenvalue weighted by Gasteiger charge is -2.30. The van der Waals surface area contributed by atoms with Gasteiger partial charge < -0.3 is 19.5 Å². The molecule has 0 bridgehead atoms. The number of nitrogens with zero attached hydrogens (tertiary/aromatic N) is 2. The normalized spacial score (nSPS) is 14.3. The number of aliphatic carboxylic acids is 1. The Labute approximate surface area is 234 Å². The largest absolute Gasteiger partial charge is 0.481 e. The summed E-state index contributed by atoms with van der Waals surface area (Å²) in [5.74, 6) is -0.703. The van der Waals surface area contributed by atoms with E-state index in [2.05, 4.69) is 16.7 Å². The molecule has 0 amide bonds. The summed E-state index contributed by atoms with van der Waals surface area (Å²) >= 11 is 0. The smallest absolute Gasteiger partial charge is 0.305 e. The first-order chi connectivity index (χ1) is 18.6. The molecule has 1 fully saturated rings. The first-order valence-electron chi connectivity index (χ1n) is 16.0. The molecule has 0 aliphatic carbocycles. The van der Waals surface area contributed by atoms with E-state index in [1.165, 1.54) is 70.6 Å². The molecule has 0 radical (unpaired) electrons. The van der Waals surface area contributed by atoms with Crippen molar-refractivity contribution in [2.45, 2.75) is 129 Å². The molecular weight excluding hydrogens is 480 g/mol. The fraction of sp³-hybridized carbons (Fsp3) is 0.935. The summed E-state index contributed by atoms with van der Waals surface area (Å²) in [7, 11) is 0. The van der Waals surface area contributed by atoms with Gasteiger partial charge in [-0.2, -0.15) is 0 Å². The molecule has 38 heavy (non-hydrogen) atoms. The summed E-state index contributed by atoms with van der Waals surface area (Å²) in [6, 6.07) is 0. The maximum Gasteiger partial charge on any atom is 0.305 e. The predicted octanol–water partition coefficient (Wildman–Crippen LogP) is 6.68. The Bertz CT molecular complexity index is 554. The molecule has 7 nitrogen and oxygen atoms in total. The molecule has 0 unspecified atom stereocenters. The van der Waals surface area contributed by atoms with Crippen LogP contribution in [-0.4, -0.2) is 85.9 Å². The first kappa shape index (κ1) is 34.8. The Morgan fingerprint density at radius 3 is 1.84 bits per heavy atom. The molecule has 0 spiro atoms. The molecule has 0 aromatic carbocycles. The minimum atomic E-state index is -0.682. The Kier molecular flexibility index (Phi) is 23.9. The van der Waals surface area contributed by atoms with E-state index in [1.807, 2.05) is 0 Å². The molecule has 7 heteroatoms. The van der Waals surface area contributed by atoms with E-state index in [4.69, 9.17) is 14.6 Å². The Morgan fingerprint density at radius 2 is 1.24 bits per heavy atom. The number of carboxylic acid groups (broad SMARTS) is 1. The number of carbonyl (C=O) groups excluding carboxylic acids is 1. The van der Waals surface area contributed by atoms with Gasteiger partial charge in [0, 0.05) is 39.0 Å². The molecule has 1 aliphatic rings. The van der Waals surface area contributed by atoms with Crippen molar-refractivity contribution in [2.75, 3.05) is 59.1 Å². The number of hydrogen-bond donors (Lipinski definition) is 1. The summed E-state index contributed by atoms with van der Waals surface area (Å²) in [5.41, 5.74) is 0. The van der Waals surface area contributed by atoms with Gasteiger partial charge in [-0.3, -0.25) is 14.5 Å². The van der Waals surface area contributed by atoms with E-state index in [-0.39, 0.29) is 5.97 Å². The summed E-state index contributed by atoms with van der Waals surface area (Å²) in [6.07, 6.45) is 20.6. The Balaban J connectivity index is 2.06. The molecule has 0 saturated carbocycles. The predicted molar refractivity (Wildman–Crippen MR) is 156 cm³/mol. The minimum Gasteiger partial charge on any atom is -0.481 e. The van der Waals surface area contributed by atoms with Crippen LogP contribution in [0.2, 0.25) is 0 Å². The molecule has 0 atom stereocenters. The second kappa shape index (κ2) is 26.1. The van der Waals surface area contributed by atoms with E-state index in [0.29, 0.717) is 19.4 Å². The highest BCUT2D eigenvalue weighted by atomic mass is 16.5. The molecule has 1 rings (SSSR count). The van der Waals surface area contributed by atoms with E-state index < -0.39 is 5.97 Å². The van der Waals surface area contributed by atoms with Crippen molar-refractivity contribution >= 4 is 11.9 Å². The van der Waals surface area contributed by atoms with Gasteiger partial charge in [-0.15, -0.1) is 0 Å². The van der Waals surface area contributed by atoms with E-state index in [0.717, 1.165) is 91.0 Å². The van der Waals surface area contributed by atoms with Crippen LogP contribution in [0, 0.1) is 0 Å². The fourth-order valence-corrected chi connectivity index (χ4v) is 5.04. The average molecular weight is 541 g/mol. The summed E-state index contributed by atoms with van der Waals surface area (Å²) in [6.45, 7) is 11.1. The summed E-state index contributed by atoms with van der Waals surface area (Å²) in [4.78, 5) is 27.7. The highest BCUT2D eigenvalue weighted by molar-refractivity contribution is 5.69. The van der Waals surface area contributed by atoms with Crippen molar-refractivity contribution in [1.29, 1.82) is 0 Å². The van der Waals surface area contributed by atoms with Crippen molar-refractivity contribution in [1.82, 2.24) is 9.80 Å². The van der Waals surface area contributed by atoms with Gasteiger partial charge in [-0.05, 0) is 45.2 Å². The number of unbranched alkanes of at least 4 members (excludes halogenated alkanes) is 14. The van der Waals surface area contributed by atoms with Crippen LogP contribution in [0.4, 0.5) is 0 Å².